The van der Waals surface area contributed by atoms with Crippen molar-refractivity contribution >= 4 is 28.0 Å². The summed E-state index contributed by atoms with van der Waals surface area (Å²) in [6, 6.07) is 2.47. The molecule has 20 heavy (non-hydrogen) atoms. The van der Waals surface area contributed by atoms with Crippen LogP contribution in [-0.2, 0) is 4.74 Å². The first kappa shape index (κ1) is 14.7. The number of anilines is 2. The van der Waals surface area contributed by atoms with Gasteiger partial charge in [-0.15, -0.1) is 11.3 Å². The van der Waals surface area contributed by atoms with Crippen molar-refractivity contribution in [3.63, 3.8) is 0 Å². The Kier molecular flexibility index (Phi) is 4.50. The van der Waals surface area contributed by atoms with Crippen LogP contribution in [0.2, 0.25) is 0 Å². The van der Waals surface area contributed by atoms with E-state index in [2.05, 4.69) is 18.3 Å². The summed E-state index contributed by atoms with van der Waals surface area (Å²) in [5.74, 6) is 0.210. The average Bonchev–Trinajstić information content (AvgIpc) is 3.05. The molecule has 0 amide bonds. The Morgan fingerprint density at radius 1 is 1.60 bits per heavy atom. The van der Waals surface area contributed by atoms with Crippen LogP contribution in [0.4, 0.5) is 10.7 Å². The van der Waals surface area contributed by atoms with E-state index in [9.17, 15) is 10.1 Å². The Bertz CT molecular complexity index is 547. The van der Waals surface area contributed by atoms with Gasteiger partial charge in [0.1, 0.15) is 21.5 Å². The molecule has 1 aliphatic carbocycles. The van der Waals surface area contributed by atoms with E-state index in [-0.39, 0.29) is 5.69 Å². The van der Waals surface area contributed by atoms with E-state index in [4.69, 9.17) is 10.5 Å². The molecule has 1 saturated carbocycles. The number of nitrogen functional groups attached to an aromatic ring is 1. The standard InChI is InChI=1S/C14H19N3O2S/c1-3-5-8-6-10(8)17-13-9(7-15)11(16)12(20-13)14(18)19-4-2/h8,10,17H,3-6,16H2,1-2H3. The molecule has 1 aromatic rings. The number of carbonyl (C=O) groups is 1. The summed E-state index contributed by atoms with van der Waals surface area (Å²) in [5.41, 5.74) is 6.47. The van der Waals surface area contributed by atoms with Crippen molar-refractivity contribution in [3.8, 4) is 6.07 Å². The number of thiophene rings is 1. The molecule has 6 heteroatoms. The topological polar surface area (TPSA) is 88.1 Å². The second-order valence-electron chi connectivity index (χ2n) is 4.92. The molecule has 2 atom stereocenters. The van der Waals surface area contributed by atoms with Gasteiger partial charge in [-0.25, -0.2) is 4.79 Å². The third-order valence-corrected chi connectivity index (χ3v) is 4.53. The van der Waals surface area contributed by atoms with Crippen molar-refractivity contribution in [2.45, 2.75) is 39.2 Å². The zero-order valence-corrected chi connectivity index (χ0v) is 12.5. The number of nitriles is 1. The molecule has 5 nitrogen and oxygen atoms in total. The lowest BCUT2D eigenvalue weighted by molar-refractivity contribution is 0.0533. The Balaban J connectivity index is 2.15. The van der Waals surface area contributed by atoms with Crippen molar-refractivity contribution in [2.75, 3.05) is 17.7 Å². The Morgan fingerprint density at radius 2 is 2.35 bits per heavy atom. The molecule has 2 unspecified atom stereocenters. The van der Waals surface area contributed by atoms with Crippen molar-refractivity contribution in [1.82, 2.24) is 0 Å². The number of nitrogens with zero attached hydrogens (tertiary/aromatic N) is 1. The summed E-state index contributed by atoms with van der Waals surface area (Å²) in [4.78, 5) is 12.1. The van der Waals surface area contributed by atoms with Crippen LogP contribution in [0, 0.1) is 17.2 Å². The average molecular weight is 293 g/mol. The summed E-state index contributed by atoms with van der Waals surface area (Å²) >= 11 is 1.21. The predicted molar refractivity (Wildman–Crippen MR) is 79.8 cm³/mol. The van der Waals surface area contributed by atoms with Crippen molar-refractivity contribution in [1.29, 1.82) is 5.26 Å². The zero-order chi connectivity index (χ0) is 14.7. The first-order valence-corrected chi connectivity index (χ1v) is 7.69. The number of nitrogens with two attached hydrogens (primary N) is 1. The first-order valence-electron chi connectivity index (χ1n) is 6.88. The zero-order valence-electron chi connectivity index (χ0n) is 11.7. The largest absolute Gasteiger partial charge is 0.462 e. The van der Waals surface area contributed by atoms with Gasteiger partial charge in [-0.05, 0) is 25.7 Å². The van der Waals surface area contributed by atoms with Crippen molar-refractivity contribution < 1.29 is 9.53 Å². The molecule has 1 aliphatic rings. The first-order chi connectivity index (χ1) is 9.62. The molecular weight excluding hydrogens is 274 g/mol. The maximum Gasteiger partial charge on any atom is 0.350 e. The minimum absolute atomic E-state index is 0.228. The van der Waals surface area contributed by atoms with E-state index >= 15 is 0 Å². The van der Waals surface area contributed by atoms with Gasteiger partial charge in [0.25, 0.3) is 0 Å². The van der Waals surface area contributed by atoms with Gasteiger partial charge in [0.05, 0.1) is 12.3 Å². The van der Waals surface area contributed by atoms with E-state index in [1.165, 1.54) is 17.8 Å². The Hall–Kier alpha value is -1.74. The number of esters is 1. The SMILES string of the molecule is CCCC1CC1Nc1sc(C(=O)OCC)c(N)c1C#N. The summed E-state index contributed by atoms with van der Waals surface area (Å²) in [6.45, 7) is 4.20. The van der Waals surface area contributed by atoms with Gasteiger partial charge in [-0.1, -0.05) is 13.3 Å². The monoisotopic (exact) mass is 293 g/mol. The molecule has 1 fully saturated rings. The summed E-state index contributed by atoms with van der Waals surface area (Å²) in [7, 11) is 0. The Labute approximate surface area is 122 Å². The van der Waals surface area contributed by atoms with Crippen LogP contribution in [0.25, 0.3) is 0 Å². The number of carbonyl (C=O) groups excluding carboxylic acids is 1. The van der Waals surface area contributed by atoms with Crippen LogP contribution >= 0.6 is 11.3 Å². The molecule has 0 spiro atoms. The van der Waals surface area contributed by atoms with Crippen LogP contribution in [0.3, 0.4) is 0 Å². The van der Waals surface area contributed by atoms with E-state index in [1.54, 1.807) is 6.92 Å². The minimum Gasteiger partial charge on any atom is -0.462 e. The van der Waals surface area contributed by atoms with Gasteiger partial charge in [0, 0.05) is 6.04 Å². The summed E-state index contributed by atoms with van der Waals surface area (Å²) in [5, 5.41) is 13.2. The third-order valence-electron chi connectivity index (χ3n) is 3.42. The van der Waals surface area contributed by atoms with E-state index in [0.717, 1.165) is 12.8 Å². The fraction of sp³-hybridized carbons (Fsp3) is 0.571. The van der Waals surface area contributed by atoms with Gasteiger partial charge in [0.2, 0.25) is 0 Å². The number of ether oxygens (including phenoxy) is 1. The van der Waals surface area contributed by atoms with Crippen LogP contribution in [0.5, 0.6) is 0 Å². The van der Waals surface area contributed by atoms with Gasteiger partial charge in [-0.2, -0.15) is 5.26 Å². The van der Waals surface area contributed by atoms with E-state index in [0.29, 0.717) is 34.0 Å². The number of nitrogens with one attached hydrogen (secondary N) is 1. The molecule has 108 valence electrons. The lowest BCUT2D eigenvalue weighted by Gasteiger charge is -2.02. The smallest absolute Gasteiger partial charge is 0.350 e. The van der Waals surface area contributed by atoms with Crippen LogP contribution < -0.4 is 11.1 Å². The number of rotatable bonds is 6. The maximum atomic E-state index is 11.8. The molecule has 2 rings (SSSR count). The van der Waals surface area contributed by atoms with E-state index < -0.39 is 5.97 Å². The van der Waals surface area contributed by atoms with Gasteiger partial charge in [-0.3, -0.25) is 0 Å². The highest BCUT2D eigenvalue weighted by Gasteiger charge is 2.37. The highest BCUT2D eigenvalue weighted by Crippen LogP contribution is 2.42. The highest BCUT2D eigenvalue weighted by molar-refractivity contribution is 7.18. The van der Waals surface area contributed by atoms with Gasteiger partial charge < -0.3 is 15.8 Å². The second-order valence-corrected chi connectivity index (χ2v) is 5.94. The van der Waals surface area contributed by atoms with Crippen molar-refractivity contribution in [2.24, 2.45) is 5.92 Å². The summed E-state index contributed by atoms with van der Waals surface area (Å²) in [6.07, 6.45) is 3.46. The second kappa shape index (κ2) is 6.14. The maximum absolute atomic E-state index is 11.8. The van der Waals surface area contributed by atoms with Crippen molar-refractivity contribution in [3.05, 3.63) is 10.4 Å². The number of hydrogen-bond donors (Lipinski definition) is 2. The predicted octanol–water partition coefficient (Wildman–Crippen LogP) is 2.98. The number of hydrogen-bond acceptors (Lipinski definition) is 6. The highest BCUT2D eigenvalue weighted by atomic mass is 32.1. The molecule has 0 aromatic carbocycles. The molecule has 3 N–H and O–H groups in total. The normalized spacial score (nSPS) is 20.2. The molecule has 0 radical (unpaired) electrons. The lowest BCUT2D eigenvalue weighted by atomic mass is 10.2. The van der Waals surface area contributed by atoms with Crippen LogP contribution in [0.15, 0.2) is 0 Å². The van der Waals surface area contributed by atoms with Crippen LogP contribution in [0.1, 0.15) is 48.3 Å². The fourth-order valence-electron chi connectivity index (χ4n) is 2.29. The molecular formula is C14H19N3O2S. The van der Waals surface area contributed by atoms with Crippen LogP contribution in [-0.4, -0.2) is 18.6 Å². The van der Waals surface area contributed by atoms with Gasteiger partial charge >= 0.3 is 5.97 Å². The molecule has 0 bridgehead atoms. The van der Waals surface area contributed by atoms with E-state index in [1.807, 2.05) is 0 Å². The third kappa shape index (κ3) is 2.88. The minimum atomic E-state index is -0.458. The quantitative estimate of drug-likeness (QED) is 0.787. The molecule has 1 heterocycles. The Morgan fingerprint density at radius 3 is 2.95 bits per heavy atom. The molecule has 0 saturated heterocycles. The van der Waals surface area contributed by atoms with Gasteiger partial charge in [0.15, 0.2) is 0 Å². The molecule has 0 aliphatic heterocycles. The summed E-state index contributed by atoms with van der Waals surface area (Å²) < 4.78 is 4.96. The lowest BCUT2D eigenvalue weighted by Crippen LogP contribution is -2.05. The fourth-order valence-corrected chi connectivity index (χ4v) is 3.31. The molecule has 1 aromatic heterocycles.